The molecular formula is C12H22N2O3. The molecule has 1 aliphatic carbocycles. The largest absolute Gasteiger partial charge is 0.480 e. The van der Waals surface area contributed by atoms with Gasteiger partial charge >= 0.3 is 12.0 Å². The third-order valence-electron chi connectivity index (χ3n) is 3.69. The highest BCUT2D eigenvalue weighted by Crippen LogP contribution is 2.28. The first-order valence-electron chi connectivity index (χ1n) is 6.15. The second-order valence-electron chi connectivity index (χ2n) is 5.34. The van der Waals surface area contributed by atoms with Crippen LogP contribution in [0.5, 0.6) is 0 Å². The molecule has 5 heteroatoms. The number of rotatable bonds is 4. The monoisotopic (exact) mass is 242 g/mol. The Morgan fingerprint density at radius 1 is 1.35 bits per heavy atom. The van der Waals surface area contributed by atoms with Gasteiger partial charge in [0.05, 0.1) is 0 Å². The Balaban J connectivity index is 2.57. The number of nitrogens with one attached hydrogen (secondary N) is 2. The fraction of sp³-hybridized carbons (Fsp3) is 0.833. The maximum atomic E-state index is 11.8. The molecule has 0 saturated heterocycles. The van der Waals surface area contributed by atoms with Crippen LogP contribution >= 0.6 is 0 Å². The minimum Gasteiger partial charge on any atom is -0.480 e. The summed E-state index contributed by atoms with van der Waals surface area (Å²) < 4.78 is 0. The molecule has 0 bridgehead atoms. The van der Waals surface area contributed by atoms with Crippen molar-refractivity contribution >= 4 is 12.0 Å². The molecule has 0 aromatic carbocycles. The molecule has 1 saturated carbocycles. The molecule has 98 valence electrons. The number of carboxylic acids is 1. The molecule has 1 aliphatic rings. The third kappa shape index (κ3) is 3.35. The number of carboxylic acid groups (broad SMARTS) is 1. The number of hydrogen-bond acceptors (Lipinski definition) is 2. The highest BCUT2D eigenvalue weighted by Gasteiger charge is 2.36. The smallest absolute Gasteiger partial charge is 0.329 e. The summed E-state index contributed by atoms with van der Waals surface area (Å²) in [6, 6.07) is -0.388. The van der Waals surface area contributed by atoms with Gasteiger partial charge in [-0.15, -0.1) is 0 Å². The molecule has 0 spiro atoms. The van der Waals surface area contributed by atoms with E-state index >= 15 is 0 Å². The topological polar surface area (TPSA) is 78.4 Å². The van der Waals surface area contributed by atoms with E-state index in [9.17, 15) is 9.59 Å². The van der Waals surface area contributed by atoms with Gasteiger partial charge in [-0.2, -0.15) is 0 Å². The number of aliphatic carboxylic acids is 1. The number of carbonyl (C=O) groups is 2. The Kier molecular flexibility index (Phi) is 4.01. The Labute approximate surface area is 102 Å². The van der Waals surface area contributed by atoms with Gasteiger partial charge in [0.15, 0.2) is 0 Å². The highest BCUT2D eigenvalue weighted by atomic mass is 16.4. The summed E-state index contributed by atoms with van der Waals surface area (Å²) >= 11 is 0. The van der Waals surface area contributed by atoms with Gasteiger partial charge in [0.25, 0.3) is 0 Å². The molecule has 1 atom stereocenters. The van der Waals surface area contributed by atoms with E-state index in [4.69, 9.17) is 5.11 Å². The number of carbonyl (C=O) groups excluding carboxylic acids is 1. The first-order valence-corrected chi connectivity index (χ1v) is 6.15. The van der Waals surface area contributed by atoms with E-state index in [0.29, 0.717) is 6.42 Å². The van der Waals surface area contributed by atoms with E-state index in [1.54, 1.807) is 6.92 Å². The van der Waals surface area contributed by atoms with Gasteiger partial charge < -0.3 is 15.7 Å². The van der Waals surface area contributed by atoms with Crippen LogP contribution in [-0.4, -0.2) is 28.2 Å². The summed E-state index contributed by atoms with van der Waals surface area (Å²) in [5.74, 6) is -1.01. The van der Waals surface area contributed by atoms with E-state index in [2.05, 4.69) is 10.6 Å². The number of urea groups is 1. The molecule has 0 aromatic rings. The minimum absolute atomic E-state index is 0.183. The summed E-state index contributed by atoms with van der Waals surface area (Å²) in [6.45, 7) is 5.27. The molecular weight excluding hydrogens is 220 g/mol. The van der Waals surface area contributed by atoms with Crippen molar-refractivity contribution < 1.29 is 14.7 Å². The lowest BCUT2D eigenvalue weighted by Gasteiger charge is -2.30. The van der Waals surface area contributed by atoms with Crippen molar-refractivity contribution in [3.8, 4) is 0 Å². The quantitative estimate of drug-likeness (QED) is 0.704. The average Bonchev–Trinajstić information content (AvgIpc) is 2.63. The fourth-order valence-electron chi connectivity index (χ4n) is 2.13. The average molecular weight is 242 g/mol. The molecule has 3 N–H and O–H groups in total. The van der Waals surface area contributed by atoms with Gasteiger partial charge in [0.1, 0.15) is 5.54 Å². The van der Waals surface area contributed by atoms with Crippen LogP contribution < -0.4 is 10.6 Å². The van der Waals surface area contributed by atoms with Crippen LogP contribution in [0.2, 0.25) is 0 Å². The summed E-state index contributed by atoms with van der Waals surface area (Å²) in [7, 11) is 0. The Bertz CT molecular complexity index is 311. The van der Waals surface area contributed by atoms with Crippen molar-refractivity contribution in [2.75, 3.05) is 0 Å². The van der Waals surface area contributed by atoms with Crippen LogP contribution in [0, 0.1) is 0 Å². The van der Waals surface area contributed by atoms with E-state index in [0.717, 1.165) is 25.7 Å². The Morgan fingerprint density at radius 2 is 1.88 bits per heavy atom. The summed E-state index contributed by atoms with van der Waals surface area (Å²) in [4.78, 5) is 22.9. The van der Waals surface area contributed by atoms with Crippen molar-refractivity contribution in [1.82, 2.24) is 10.6 Å². The summed E-state index contributed by atoms with van der Waals surface area (Å²) in [5.41, 5.74) is -1.38. The van der Waals surface area contributed by atoms with E-state index in [-0.39, 0.29) is 11.6 Å². The fourth-order valence-corrected chi connectivity index (χ4v) is 2.13. The van der Waals surface area contributed by atoms with Crippen LogP contribution in [0.3, 0.4) is 0 Å². The number of hydrogen-bond donors (Lipinski definition) is 3. The first kappa shape index (κ1) is 13.8. The molecule has 0 aromatic heterocycles. The second kappa shape index (κ2) is 4.94. The van der Waals surface area contributed by atoms with E-state index in [1.807, 2.05) is 6.92 Å². The third-order valence-corrected chi connectivity index (χ3v) is 3.69. The predicted octanol–water partition coefficient (Wildman–Crippen LogP) is 1.87. The molecule has 5 nitrogen and oxygen atoms in total. The van der Waals surface area contributed by atoms with Crippen molar-refractivity contribution in [3.05, 3.63) is 0 Å². The summed E-state index contributed by atoms with van der Waals surface area (Å²) in [5, 5.41) is 14.5. The normalized spacial score (nSPS) is 21.6. The second-order valence-corrected chi connectivity index (χ2v) is 5.34. The van der Waals surface area contributed by atoms with Crippen LogP contribution in [0.25, 0.3) is 0 Å². The minimum atomic E-state index is -1.20. The maximum absolute atomic E-state index is 11.8. The van der Waals surface area contributed by atoms with Crippen LogP contribution in [0.4, 0.5) is 4.79 Å². The van der Waals surface area contributed by atoms with Gasteiger partial charge in [-0.05, 0) is 33.1 Å². The standard InChI is InChI=1S/C12H22N2O3/c1-4-12(3,9(15)16)14-10(17)13-11(2)7-5-6-8-11/h4-8H2,1-3H3,(H,15,16)(H2,13,14,17). The lowest BCUT2D eigenvalue weighted by molar-refractivity contribution is -0.143. The molecule has 17 heavy (non-hydrogen) atoms. The zero-order valence-corrected chi connectivity index (χ0v) is 10.8. The van der Waals surface area contributed by atoms with Gasteiger partial charge in [-0.1, -0.05) is 19.8 Å². The Morgan fingerprint density at radius 3 is 2.29 bits per heavy atom. The zero-order valence-electron chi connectivity index (χ0n) is 10.8. The summed E-state index contributed by atoms with van der Waals surface area (Å²) in [6.07, 6.45) is 4.49. The molecule has 0 radical (unpaired) electrons. The van der Waals surface area contributed by atoms with Gasteiger partial charge in [0.2, 0.25) is 0 Å². The molecule has 1 unspecified atom stereocenters. The lowest BCUT2D eigenvalue weighted by Crippen LogP contribution is -2.58. The van der Waals surface area contributed by atoms with Gasteiger partial charge in [0, 0.05) is 5.54 Å². The van der Waals surface area contributed by atoms with Crippen molar-refractivity contribution in [2.45, 2.75) is 64.0 Å². The van der Waals surface area contributed by atoms with E-state index in [1.165, 1.54) is 6.92 Å². The maximum Gasteiger partial charge on any atom is 0.329 e. The molecule has 1 rings (SSSR count). The van der Waals surface area contributed by atoms with Gasteiger partial charge in [-0.25, -0.2) is 9.59 Å². The molecule has 0 heterocycles. The highest BCUT2D eigenvalue weighted by molar-refractivity contribution is 5.86. The zero-order chi connectivity index (χ0) is 13.1. The lowest BCUT2D eigenvalue weighted by atomic mass is 9.99. The van der Waals surface area contributed by atoms with Crippen LogP contribution in [-0.2, 0) is 4.79 Å². The molecule has 2 amide bonds. The van der Waals surface area contributed by atoms with Crippen molar-refractivity contribution in [1.29, 1.82) is 0 Å². The first-order chi connectivity index (χ1) is 7.81. The van der Waals surface area contributed by atoms with Crippen molar-refractivity contribution in [3.63, 3.8) is 0 Å². The van der Waals surface area contributed by atoms with Crippen LogP contribution in [0.15, 0.2) is 0 Å². The number of amides is 2. The Hall–Kier alpha value is -1.26. The van der Waals surface area contributed by atoms with E-state index < -0.39 is 11.5 Å². The molecule has 1 fully saturated rings. The van der Waals surface area contributed by atoms with Gasteiger partial charge in [-0.3, -0.25) is 0 Å². The van der Waals surface area contributed by atoms with Crippen molar-refractivity contribution in [2.24, 2.45) is 0 Å². The predicted molar refractivity (Wildman–Crippen MR) is 64.9 cm³/mol. The molecule has 0 aliphatic heterocycles. The SMILES string of the molecule is CCC(C)(NC(=O)NC1(C)CCCC1)C(=O)O. The van der Waals surface area contributed by atoms with Crippen LogP contribution in [0.1, 0.15) is 52.9 Å².